The molecule has 14 heavy (non-hydrogen) atoms. The Hall–Kier alpha value is -0.570. The highest BCUT2D eigenvalue weighted by Crippen LogP contribution is 2.16. The molecule has 3 nitrogen and oxygen atoms in total. The number of hydrogen-bond acceptors (Lipinski definition) is 2. The maximum atomic E-state index is 11.9. The van der Waals surface area contributed by atoms with Crippen LogP contribution in [0.2, 0.25) is 0 Å². The van der Waals surface area contributed by atoms with Crippen LogP contribution in [-0.4, -0.2) is 37.0 Å². The monoisotopic (exact) mass is 196 g/mol. The summed E-state index contributed by atoms with van der Waals surface area (Å²) >= 11 is 0. The maximum Gasteiger partial charge on any atom is 0.222 e. The summed E-state index contributed by atoms with van der Waals surface area (Å²) in [5, 5.41) is 3.31. The van der Waals surface area contributed by atoms with Crippen molar-refractivity contribution in [3.8, 4) is 0 Å². The fourth-order valence-corrected chi connectivity index (χ4v) is 2.41. The predicted molar refractivity (Wildman–Crippen MR) is 56.0 cm³/mol. The summed E-state index contributed by atoms with van der Waals surface area (Å²) in [7, 11) is 0. The van der Waals surface area contributed by atoms with Gasteiger partial charge in [-0.15, -0.1) is 0 Å². The van der Waals surface area contributed by atoms with E-state index in [1.165, 1.54) is 25.7 Å². The average Bonchev–Trinajstić information content (AvgIpc) is 2.72. The number of nitrogens with zero attached hydrogens (tertiary/aromatic N) is 1. The van der Waals surface area contributed by atoms with Crippen molar-refractivity contribution in [2.75, 3.05) is 26.2 Å². The normalized spacial score (nSPS) is 28.0. The molecule has 0 unspecified atom stereocenters. The standard InChI is InChI=1S/C11H20N2O/c14-11(8-10-4-5-12-9-10)13-6-2-1-3-7-13/h10,12H,1-9H2/t10-/m0/s1. The lowest BCUT2D eigenvalue weighted by Gasteiger charge is -2.27. The molecule has 0 spiro atoms. The van der Waals surface area contributed by atoms with Crippen molar-refractivity contribution in [1.29, 1.82) is 0 Å². The van der Waals surface area contributed by atoms with Gasteiger partial charge in [0.25, 0.3) is 0 Å². The van der Waals surface area contributed by atoms with Crippen LogP contribution in [0.4, 0.5) is 0 Å². The third-order valence-corrected chi connectivity index (χ3v) is 3.33. The van der Waals surface area contributed by atoms with Gasteiger partial charge in [0.15, 0.2) is 0 Å². The van der Waals surface area contributed by atoms with Crippen LogP contribution in [0.3, 0.4) is 0 Å². The van der Waals surface area contributed by atoms with Crippen molar-refractivity contribution in [1.82, 2.24) is 10.2 Å². The summed E-state index contributed by atoms with van der Waals surface area (Å²) in [5.41, 5.74) is 0. The Kier molecular flexibility index (Phi) is 3.40. The third-order valence-electron chi connectivity index (χ3n) is 3.33. The fraction of sp³-hybridized carbons (Fsp3) is 0.909. The van der Waals surface area contributed by atoms with Gasteiger partial charge in [-0.05, 0) is 44.7 Å². The molecule has 1 N–H and O–H groups in total. The van der Waals surface area contributed by atoms with Crippen molar-refractivity contribution in [2.24, 2.45) is 5.92 Å². The van der Waals surface area contributed by atoms with Crippen LogP contribution < -0.4 is 5.32 Å². The summed E-state index contributed by atoms with van der Waals surface area (Å²) in [6.45, 7) is 4.13. The first-order chi connectivity index (χ1) is 6.86. The number of rotatable bonds is 2. The van der Waals surface area contributed by atoms with Gasteiger partial charge in [0.05, 0.1) is 0 Å². The third kappa shape index (κ3) is 2.47. The van der Waals surface area contributed by atoms with E-state index < -0.39 is 0 Å². The Labute approximate surface area is 85.8 Å². The topological polar surface area (TPSA) is 32.3 Å². The van der Waals surface area contributed by atoms with Crippen molar-refractivity contribution >= 4 is 5.91 Å². The van der Waals surface area contributed by atoms with Gasteiger partial charge in [-0.3, -0.25) is 4.79 Å². The van der Waals surface area contributed by atoms with Gasteiger partial charge < -0.3 is 10.2 Å². The first-order valence-electron chi connectivity index (χ1n) is 5.85. The number of piperidine rings is 1. The second-order valence-electron chi connectivity index (χ2n) is 4.50. The SMILES string of the molecule is O=C(C[C@@H]1CCNC1)N1CCCCC1. The van der Waals surface area contributed by atoms with E-state index >= 15 is 0 Å². The molecule has 2 saturated heterocycles. The molecule has 0 aliphatic carbocycles. The summed E-state index contributed by atoms with van der Waals surface area (Å²) in [6.07, 6.45) is 5.66. The van der Waals surface area contributed by atoms with Gasteiger partial charge in [-0.2, -0.15) is 0 Å². The molecular formula is C11H20N2O. The second-order valence-corrected chi connectivity index (χ2v) is 4.50. The van der Waals surface area contributed by atoms with Crippen molar-refractivity contribution in [2.45, 2.75) is 32.1 Å². The molecule has 0 aromatic rings. The number of carbonyl (C=O) groups excluding carboxylic acids is 1. The maximum absolute atomic E-state index is 11.9. The van der Waals surface area contributed by atoms with Crippen LogP contribution in [0.1, 0.15) is 32.1 Å². The van der Waals surface area contributed by atoms with Gasteiger partial charge in [0.2, 0.25) is 5.91 Å². The van der Waals surface area contributed by atoms with Gasteiger partial charge in [-0.25, -0.2) is 0 Å². The van der Waals surface area contributed by atoms with E-state index in [0.29, 0.717) is 11.8 Å². The number of carbonyl (C=O) groups is 1. The Morgan fingerprint density at radius 1 is 1.29 bits per heavy atom. The van der Waals surface area contributed by atoms with Gasteiger partial charge in [0, 0.05) is 19.5 Å². The highest BCUT2D eigenvalue weighted by atomic mass is 16.2. The molecule has 2 rings (SSSR count). The molecule has 0 radical (unpaired) electrons. The quantitative estimate of drug-likeness (QED) is 0.714. The Bertz CT molecular complexity index is 193. The van der Waals surface area contributed by atoms with Crippen LogP contribution in [0.25, 0.3) is 0 Å². The van der Waals surface area contributed by atoms with Crippen LogP contribution >= 0.6 is 0 Å². The highest BCUT2D eigenvalue weighted by molar-refractivity contribution is 5.76. The van der Waals surface area contributed by atoms with E-state index in [0.717, 1.165) is 32.6 Å². The molecule has 3 heteroatoms. The highest BCUT2D eigenvalue weighted by Gasteiger charge is 2.22. The fourth-order valence-electron chi connectivity index (χ4n) is 2.41. The van der Waals surface area contributed by atoms with E-state index in [1.807, 2.05) is 0 Å². The lowest BCUT2D eigenvalue weighted by Crippen LogP contribution is -2.36. The molecule has 1 atom stereocenters. The van der Waals surface area contributed by atoms with Gasteiger partial charge in [-0.1, -0.05) is 0 Å². The largest absolute Gasteiger partial charge is 0.343 e. The molecule has 0 bridgehead atoms. The Morgan fingerprint density at radius 3 is 2.71 bits per heavy atom. The first kappa shape index (κ1) is 9.97. The first-order valence-corrected chi connectivity index (χ1v) is 5.85. The summed E-state index contributed by atoms with van der Waals surface area (Å²) in [6, 6.07) is 0. The zero-order chi connectivity index (χ0) is 9.80. The van der Waals surface area contributed by atoms with E-state index in [2.05, 4.69) is 10.2 Å². The lowest BCUT2D eigenvalue weighted by atomic mass is 10.0. The molecular weight excluding hydrogens is 176 g/mol. The van der Waals surface area contributed by atoms with E-state index in [-0.39, 0.29) is 0 Å². The Balaban J connectivity index is 1.75. The van der Waals surface area contributed by atoms with E-state index in [1.54, 1.807) is 0 Å². The summed E-state index contributed by atoms with van der Waals surface area (Å²) < 4.78 is 0. The Morgan fingerprint density at radius 2 is 2.07 bits per heavy atom. The van der Waals surface area contributed by atoms with Crippen molar-refractivity contribution in [3.05, 3.63) is 0 Å². The molecule has 80 valence electrons. The molecule has 0 saturated carbocycles. The minimum Gasteiger partial charge on any atom is -0.343 e. The van der Waals surface area contributed by atoms with Crippen molar-refractivity contribution in [3.63, 3.8) is 0 Å². The molecule has 0 aromatic heterocycles. The molecule has 2 aliphatic heterocycles. The molecule has 1 amide bonds. The van der Waals surface area contributed by atoms with Crippen LogP contribution in [0.5, 0.6) is 0 Å². The predicted octanol–water partition coefficient (Wildman–Crippen LogP) is 0.998. The van der Waals surface area contributed by atoms with E-state index in [4.69, 9.17) is 0 Å². The molecule has 2 fully saturated rings. The number of hydrogen-bond donors (Lipinski definition) is 1. The number of nitrogens with one attached hydrogen (secondary N) is 1. The van der Waals surface area contributed by atoms with Gasteiger partial charge >= 0.3 is 0 Å². The smallest absolute Gasteiger partial charge is 0.222 e. The molecule has 2 aliphatic rings. The minimum atomic E-state index is 0.387. The van der Waals surface area contributed by atoms with E-state index in [9.17, 15) is 4.79 Å². The zero-order valence-corrected chi connectivity index (χ0v) is 8.80. The average molecular weight is 196 g/mol. The van der Waals surface area contributed by atoms with Crippen LogP contribution in [-0.2, 0) is 4.79 Å². The lowest BCUT2D eigenvalue weighted by molar-refractivity contribution is -0.132. The minimum absolute atomic E-state index is 0.387. The van der Waals surface area contributed by atoms with Gasteiger partial charge in [0.1, 0.15) is 0 Å². The van der Waals surface area contributed by atoms with Crippen LogP contribution in [0, 0.1) is 5.92 Å². The number of amides is 1. The molecule has 0 aromatic carbocycles. The van der Waals surface area contributed by atoms with Crippen molar-refractivity contribution < 1.29 is 4.79 Å². The summed E-state index contributed by atoms with van der Waals surface area (Å²) in [4.78, 5) is 13.9. The molecule has 2 heterocycles. The number of likely N-dealkylation sites (tertiary alicyclic amines) is 1. The second kappa shape index (κ2) is 4.78. The summed E-state index contributed by atoms with van der Waals surface area (Å²) in [5.74, 6) is 0.989. The van der Waals surface area contributed by atoms with Crippen LogP contribution in [0.15, 0.2) is 0 Å². The zero-order valence-electron chi connectivity index (χ0n) is 8.80.